The molecule has 0 heterocycles. The number of anilines is 2. The van der Waals surface area contributed by atoms with Gasteiger partial charge in [-0.2, -0.15) is 0 Å². The fourth-order valence-corrected chi connectivity index (χ4v) is 3.25. The first-order valence-corrected chi connectivity index (χ1v) is 8.24. The predicted molar refractivity (Wildman–Crippen MR) is 87.8 cm³/mol. The maximum absolute atomic E-state index is 12.6. The van der Waals surface area contributed by atoms with Gasteiger partial charge in [0.2, 0.25) is 5.91 Å². The monoisotopic (exact) mass is 338 g/mol. The second-order valence-electron chi connectivity index (χ2n) is 4.66. The largest absolute Gasteiger partial charge is 0.326 e. The van der Waals surface area contributed by atoms with Gasteiger partial charge < -0.3 is 5.32 Å². The van der Waals surface area contributed by atoms with Gasteiger partial charge >= 0.3 is 0 Å². The Morgan fingerprint density at radius 1 is 1.14 bits per heavy atom. The van der Waals surface area contributed by atoms with E-state index in [1.54, 1.807) is 36.4 Å². The van der Waals surface area contributed by atoms with Gasteiger partial charge in [-0.25, -0.2) is 8.42 Å². The quantitative estimate of drug-likeness (QED) is 0.931. The molecule has 0 saturated heterocycles. The summed E-state index contributed by atoms with van der Waals surface area (Å²) in [4.78, 5) is 11.1. The van der Waals surface area contributed by atoms with Gasteiger partial charge in [-0.15, -0.1) is 0 Å². The Morgan fingerprint density at radius 2 is 1.77 bits per heavy atom. The van der Waals surface area contributed by atoms with Crippen LogP contribution >= 0.6 is 11.6 Å². The highest BCUT2D eigenvalue weighted by Crippen LogP contribution is 2.25. The van der Waals surface area contributed by atoms with E-state index in [1.165, 1.54) is 26.1 Å². The number of hydrogen-bond donors (Lipinski definition) is 1. The van der Waals surface area contributed by atoms with Gasteiger partial charge in [0.15, 0.2) is 0 Å². The second-order valence-corrected chi connectivity index (χ2v) is 7.06. The molecule has 116 valence electrons. The lowest BCUT2D eigenvalue weighted by atomic mass is 10.3. The van der Waals surface area contributed by atoms with E-state index in [0.717, 1.165) is 4.31 Å². The highest BCUT2D eigenvalue weighted by atomic mass is 35.5. The molecule has 2 aromatic carbocycles. The Bertz CT molecular complexity index is 789. The van der Waals surface area contributed by atoms with Crippen LogP contribution in [0.15, 0.2) is 53.4 Å². The van der Waals surface area contributed by atoms with Crippen LogP contribution in [0.3, 0.4) is 0 Å². The summed E-state index contributed by atoms with van der Waals surface area (Å²) < 4.78 is 26.3. The Hall–Kier alpha value is -2.05. The van der Waals surface area contributed by atoms with Crippen LogP contribution in [0.1, 0.15) is 6.92 Å². The van der Waals surface area contributed by atoms with Gasteiger partial charge in [0, 0.05) is 24.7 Å². The van der Waals surface area contributed by atoms with Crippen molar-refractivity contribution < 1.29 is 13.2 Å². The number of rotatable bonds is 4. The lowest BCUT2D eigenvalue weighted by molar-refractivity contribution is -0.114. The first-order chi connectivity index (χ1) is 10.3. The van der Waals surface area contributed by atoms with Crippen molar-refractivity contribution in [2.75, 3.05) is 16.7 Å². The number of nitrogens with zero attached hydrogens (tertiary/aromatic N) is 1. The molecular weight excluding hydrogens is 324 g/mol. The van der Waals surface area contributed by atoms with E-state index in [-0.39, 0.29) is 10.8 Å². The first-order valence-electron chi connectivity index (χ1n) is 6.43. The number of benzene rings is 2. The second kappa shape index (κ2) is 6.37. The van der Waals surface area contributed by atoms with E-state index in [0.29, 0.717) is 16.4 Å². The molecule has 0 aliphatic heterocycles. The minimum Gasteiger partial charge on any atom is -0.326 e. The Kier molecular flexibility index (Phi) is 4.73. The Morgan fingerprint density at radius 3 is 2.32 bits per heavy atom. The topological polar surface area (TPSA) is 66.5 Å². The van der Waals surface area contributed by atoms with Crippen LogP contribution in [0.2, 0.25) is 5.02 Å². The third-order valence-corrected chi connectivity index (χ3v) is 5.04. The standard InChI is InChI=1S/C15H15ClN2O3S/c1-11(19)17-13-6-8-15(9-7-13)22(20,21)18(2)14-5-3-4-12(16)10-14/h3-10H,1-2H3,(H,17,19). The predicted octanol–water partition coefficient (Wildman–Crippen LogP) is 3.12. The van der Waals surface area contributed by atoms with E-state index in [1.807, 2.05) is 0 Å². The van der Waals surface area contributed by atoms with Crippen LogP contribution in [0.4, 0.5) is 11.4 Å². The fourth-order valence-electron chi connectivity index (χ4n) is 1.88. The molecule has 0 aliphatic rings. The SMILES string of the molecule is CC(=O)Nc1ccc(S(=O)(=O)N(C)c2cccc(Cl)c2)cc1. The first kappa shape index (κ1) is 16.3. The Labute approximate surface area is 134 Å². The molecule has 0 unspecified atom stereocenters. The smallest absolute Gasteiger partial charge is 0.264 e. The molecule has 5 nitrogen and oxygen atoms in total. The highest BCUT2D eigenvalue weighted by Gasteiger charge is 2.21. The van der Waals surface area contributed by atoms with Gasteiger partial charge in [0.05, 0.1) is 10.6 Å². The summed E-state index contributed by atoms with van der Waals surface area (Å²) in [6, 6.07) is 12.6. The van der Waals surface area contributed by atoms with Crippen molar-refractivity contribution in [3.8, 4) is 0 Å². The van der Waals surface area contributed by atoms with Crippen LogP contribution in [0, 0.1) is 0 Å². The van der Waals surface area contributed by atoms with Gasteiger partial charge in [-0.3, -0.25) is 9.10 Å². The molecule has 1 N–H and O–H groups in total. The summed E-state index contributed by atoms with van der Waals surface area (Å²) in [6.07, 6.45) is 0. The van der Waals surface area contributed by atoms with Crippen molar-refractivity contribution in [2.45, 2.75) is 11.8 Å². The summed E-state index contributed by atoms with van der Waals surface area (Å²) in [5.74, 6) is -0.216. The third-order valence-electron chi connectivity index (χ3n) is 3.00. The minimum absolute atomic E-state index is 0.129. The number of nitrogens with one attached hydrogen (secondary N) is 1. The van der Waals surface area contributed by atoms with Crippen molar-refractivity contribution >= 4 is 38.9 Å². The normalized spacial score (nSPS) is 11.0. The number of carbonyl (C=O) groups is 1. The van der Waals surface area contributed by atoms with Gasteiger partial charge in [0.25, 0.3) is 10.0 Å². The molecular formula is C15H15ClN2O3S. The fraction of sp³-hybridized carbons (Fsp3) is 0.133. The van der Waals surface area contributed by atoms with Crippen LogP contribution in [0.25, 0.3) is 0 Å². The molecule has 0 saturated carbocycles. The zero-order valence-corrected chi connectivity index (χ0v) is 13.6. The number of hydrogen-bond acceptors (Lipinski definition) is 3. The summed E-state index contributed by atoms with van der Waals surface area (Å²) >= 11 is 5.89. The van der Waals surface area contributed by atoms with E-state index < -0.39 is 10.0 Å². The molecule has 2 rings (SSSR count). The highest BCUT2D eigenvalue weighted by molar-refractivity contribution is 7.92. The molecule has 0 spiro atoms. The summed E-state index contributed by atoms with van der Waals surface area (Å²) in [5, 5.41) is 3.05. The molecule has 0 atom stereocenters. The zero-order chi connectivity index (χ0) is 16.3. The average molecular weight is 339 g/mol. The number of sulfonamides is 1. The van der Waals surface area contributed by atoms with E-state index >= 15 is 0 Å². The third kappa shape index (κ3) is 3.58. The van der Waals surface area contributed by atoms with Crippen LogP contribution in [0.5, 0.6) is 0 Å². The van der Waals surface area contributed by atoms with Crippen LogP contribution < -0.4 is 9.62 Å². The molecule has 0 aliphatic carbocycles. The molecule has 0 fully saturated rings. The van der Waals surface area contributed by atoms with Crippen LogP contribution in [-0.2, 0) is 14.8 Å². The van der Waals surface area contributed by atoms with E-state index in [4.69, 9.17) is 11.6 Å². The molecule has 2 aromatic rings. The lowest BCUT2D eigenvalue weighted by Crippen LogP contribution is -2.26. The van der Waals surface area contributed by atoms with E-state index in [2.05, 4.69) is 5.32 Å². The minimum atomic E-state index is -3.69. The van der Waals surface area contributed by atoms with Crippen molar-refractivity contribution in [1.82, 2.24) is 0 Å². The lowest BCUT2D eigenvalue weighted by Gasteiger charge is -2.19. The number of carbonyl (C=O) groups excluding carboxylic acids is 1. The Balaban J connectivity index is 2.31. The zero-order valence-electron chi connectivity index (χ0n) is 12.1. The molecule has 0 aromatic heterocycles. The molecule has 0 bridgehead atoms. The van der Waals surface area contributed by atoms with E-state index in [9.17, 15) is 13.2 Å². The number of halogens is 1. The van der Waals surface area contributed by atoms with Gasteiger partial charge in [-0.1, -0.05) is 17.7 Å². The van der Waals surface area contributed by atoms with Crippen molar-refractivity contribution in [2.24, 2.45) is 0 Å². The van der Waals surface area contributed by atoms with Gasteiger partial charge in [-0.05, 0) is 42.5 Å². The summed E-state index contributed by atoms with van der Waals surface area (Å²) in [5.41, 5.74) is 1.01. The summed E-state index contributed by atoms with van der Waals surface area (Å²) in [7, 11) is -2.23. The van der Waals surface area contributed by atoms with Gasteiger partial charge in [0.1, 0.15) is 0 Å². The summed E-state index contributed by atoms with van der Waals surface area (Å²) in [6.45, 7) is 1.39. The van der Waals surface area contributed by atoms with Crippen molar-refractivity contribution in [1.29, 1.82) is 0 Å². The van der Waals surface area contributed by atoms with Crippen molar-refractivity contribution in [3.05, 3.63) is 53.6 Å². The maximum Gasteiger partial charge on any atom is 0.264 e. The molecule has 1 amide bonds. The molecule has 22 heavy (non-hydrogen) atoms. The molecule has 7 heteroatoms. The van der Waals surface area contributed by atoms with Crippen LogP contribution in [-0.4, -0.2) is 21.4 Å². The average Bonchev–Trinajstić information content (AvgIpc) is 2.46. The maximum atomic E-state index is 12.6. The van der Waals surface area contributed by atoms with Crippen molar-refractivity contribution in [3.63, 3.8) is 0 Å². The number of amides is 1. The molecule has 0 radical (unpaired) electrons.